The van der Waals surface area contributed by atoms with Gasteiger partial charge in [0.05, 0.1) is 0 Å². The van der Waals surface area contributed by atoms with Crippen LogP contribution < -0.4 is 0 Å². The second-order valence-corrected chi connectivity index (χ2v) is 15.3. The normalized spacial score (nSPS) is 12.0. The molecule has 0 aromatic carbocycles. The summed E-state index contributed by atoms with van der Waals surface area (Å²) in [6.45, 7) is 4.57. The lowest BCUT2D eigenvalue weighted by Gasteiger charge is -2.18. The maximum atomic E-state index is 12.7. The third-order valence-electron chi connectivity index (χ3n) is 10.3. The van der Waals surface area contributed by atoms with Crippen LogP contribution in [0.4, 0.5) is 0 Å². The Morgan fingerprint density at radius 3 is 0.917 bits per heavy atom. The largest absolute Gasteiger partial charge is 0.481 e. The number of hydrogen-bond donors (Lipinski definition) is 1. The van der Waals surface area contributed by atoms with Crippen LogP contribution in [-0.2, 0) is 14.3 Å². The first-order chi connectivity index (χ1) is 23.6. The zero-order valence-electron chi connectivity index (χ0n) is 32.8. The maximum absolute atomic E-state index is 12.7. The molecule has 0 aliphatic carbocycles. The average Bonchev–Trinajstić information content (AvgIpc) is 3.07. The number of ether oxygens (including phenoxy) is 1. The molecule has 0 spiro atoms. The van der Waals surface area contributed by atoms with Gasteiger partial charge in [0.1, 0.15) is 6.10 Å². The Morgan fingerprint density at radius 1 is 0.375 bits per heavy atom. The van der Waals surface area contributed by atoms with Gasteiger partial charge in [0, 0.05) is 12.8 Å². The monoisotopic (exact) mass is 679 g/mol. The molecule has 1 atom stereocenters. The molecule has 286 valence electrons. The molecule has 0 aliphatic rings. The molecule has 48 heavy (non-hydrogen) atoms. The van der Waals surface area contributed by atoms with Crippen LogP contribution in [-0.4, -0.2) is 23.1 Å². The molecule has 0 rings (SSSR count). The minimum atomic E-state index is -0.705. The van der Waals surface area contributed by atoms with Crippen molar-refractivity contribution in [1.29, 1.82) is 0 Å². The van der Waals surface area contributed by atoms with Crippen molar-refractivity contribution in [3.05, 3.63) is 0 Å². The minimum Gasteiger partial charge on any atom is -0.481 e. The number of rotatable bonds is 41. The topological polar surface area (TPSA) is 63.6 Å². The lowest BCUT2D eigenvalue weighted by molar-refractivity contribution is -0.150. The van der Waals surface area contributed by atoms with Crippen LogP contribution in [0.2, 0.25) is 0 Å². The standard InChI is InChI=1S/C44H86O4/c1-3-5-7-9-11-13-15-17-18-19-20-21-22-23-25-27-29-31-37-41-44(47)48-42(39-35-32-33-36-40-43(45)46)38-34-30-28-26-24-16-14-12-10-8-6-4-2/h42H,3-41H2,1-2H3,(H,45,46). The van der Waals surface area contributed by atoms with E-state index in [0.29, 0.717) is 6.42 Å². The van der Waals surface area contributed by atoms with Gasteiger partial charge >= 0.3 is 11.9 Å². The molecule has 0 saturated carbocycles. The fourth-order valence-electron chi connectivity index (χ4n) is 7.07. The molecule has 1 unspecified atom stereocenters. The highest BCUT2D eigenvalue weighted by Crippen LogP contribution is 2.19. The molecule has 0 saturated heterocycles. The van der Waals surface area contributed by atoms with Gasteiger partial charge in [-0.1, -0.05) is 213 Å². The lowest BCUT2D eigenvalue weighted by atomic mass is 10.0. The minimum absolute atomic E-state index is 0.00297. The molecule has 1 N–H and O–H groups in total. The highest BCUT2D eigenvalue weighted by molar-refractivity contribution is 5.69. The first kappa shape index (κ1) is 46.9. The van der Waals surface area contributed by atoms with Crippen molar-refractivity contribution in [2.24, 2.45) is 0 Å². The second-order valence-electron chi connectivity index (χ2n) is 15.3. The third-order valence-corrected chi connectivity index (χ3v) is 10.3. The van der Waals surface area contributed by atoms with Crippen LogP contribution in [0, 0.1) is 0 Å². The first-order valence-corrected chi connectivity index (χ1v) is 22.0. The second kappa shape index (κ2) is 40.4. The maximum Gasteiger partial charge on any atom is 0.306 e. The fourth-order valence-corrected chi connectivity index (χ4v) is 7.07. The smallest absolute Gasteiger partial charge is 0.306 e. The van der Waals surface area contributed by atoms with Crippen molar-refractivity contribution in [2.45, 2.75) is 270 Å². The number of carbonyl (C=O) groups excluding carboxylic acids is 1. The summed E-state index contributed by atoms with van der Waals surface area (Å²) in [4.78, 5) is 23.4. The molecule has 0 aliphatic heterocycles. The number of hydrogen-bond acceptors (Lipinski definition) is 3. The highest BCUT2D eigenvalue weighted by Gasteiger charge is 2.14. The highest BCUT2D eigenvalue weighted by atomic mass is 16.5. The fraction of sp³-hybridized carbons (Fsp3) is 0.955. The number of carboxylic acids is 1. The zero-order valence-corrected chi connectivity index (χ0v) is 32.8. The molecule has 0 aromatic heterocycles. The SMILES string of the molecule is CCCCCCCCCCCCCCCCCCCCCC(=O)OC(CCCCCCCCCCCCCC)CCCCCCC(=O)O. The zero-order chi connectivity index (χ0) is 35.0. The molecular formula is C44H86O4. The number of unbranched alkanes of at least 4 members (excludes halogenated alkanes) is 32. The van der Waals surface area contributed by atoms with Gasteiger partial charge in [0.25, 0.3) is 0 Å². The molecule has 0 bridgehead atoms. The summed E-state index contributed by atoms with van der Waals surface area (Å²) in [5, 5.41) is 8.87. The molecule has 0 aromatic rings. The first-order valence-electron chi connectivity index (χ1n) is 22.0. The van der Waals surface area contributed by atoms with Crippen LogP contribution in [0.5, 0.6) is 0 Å². The molecule has 4 heteroatoms. The Bertz CT molecular complexity index is 648. The van der Waals surface area contributed by atoms with Gasteiger partial charge in [-0.05, 0) is 38.5 Å². The Labute approximate surface area is 301 Å². The van der Waals surface area contributed by atoms with E-state index in [1.807, 2.05) is 0 Å². The Balaban J connectivity index is 3.85. The Kier molecular flexibility index (Phi) is 39.5. The molecule has 0 fully saturated rings. The quantitative estimate of drug-likeness (QED) is 0.0516. The molecule has 0 amide bonds. The van der Waals surface area contributed by atoms with Crippen LogP contribution in [0.15, 0.2) is 0 Å². The van der Waals surface area contributed by atoms with Gasteiger partial charge in [-0.2, -0.15) is 0 Å². The van der Waals surface area contributed by atoms with Gasteiger partial charge < -0.3 is 9.84 Å². The van der Waals surface area contributed by atoms with Crippen LogP contribution in [0.1, 0.15) is 264 Å². The summed E-state index contributed by atoms with van der Waals surface area (Å²) in [7, 11) is 0. The van der Waals surface area contributed by atoms with Crippen molar-refractivity contribution in [2.75, 3.05) is 0 Å². The van der Waals surface area contributed by atoms with E-state index >= 15 is 0 Å². The van der Waals surface area contributed by atoms with E-state index in [2.05, 4.69) is 13.8 Å². The predicted octanol–water partition coefficient (Wildman–Crippen LogP) is 15.2. The van der Waals surface area contributed by atoms with Crippen LogP contribution in [0.3, 0.4) is 0 Å². The van der Waals surface area contributed by atoms with E-state index < -0.39 is 5.97 Å². The Morgan fingerprint density at radius 2 is 0.625 bits per heavy atom. The van der Waals surface area contributed by atoms with Gasteiger partial charge in [0.15, 0.2) is 0 Å². The third kappa shape index (κ3) is 39.4. The predicted molar refractivity (Wildman–Crippen MR) is 209 cm³/mol. The molecule has 0 radical (unpaired) electrons. The summed E-state index contributed by atoms with van der Waals surface area (Å²) in [5.41, 5.74) is 0. The summed E-state index contributed by atoms with van der Waals surface area (Å²) >= 11 is 0. The summed E-state index contributed by atoms with van der Waals surface area (Å²) < 4.78 is 6.00. The van der Waals surface area contributed by atoms with E-state index in [4.69, 9.17) is 9.84 Å². The van der Waals surface area contributed by atoms with Crippen LogP contribution in [0.25, 0.3) is 0 Å². The van der Waals surface area contributed by atoms with Crippen molar-refractivity contribution in [3.8, 4) is 0 Å². The number of esters is 1. The van der Waals surface area contributed by atoms with Crippen LogP contribution >= 0.6 is 0 Å². The van der Waals surface area contributed by atoms with Crippen molar-refractivity contribution < 1.29 is 19.4 Å². The Hall–Kier alpha value is -1.06. The average molecular weight is 679 g/mol. The summed E-state index contributed by atoms with van der Waals surface area (Å²) in [5.74, 6) is -0.708. The van der Waals surface area contributed by atoms with E-state index in [1.165, 1.54) is 180 Å². The number of aliphatic carboxylic acids is 1. The number of carbonyl (C=O) groups is 2. The van der Waals surface area contributed by atoms with Gasteiger partial charge in [0.2, 0.25) is 0 Å². The van der Waals surface area contributed by atoms with Crippen molar-refractivity contribution >= 4 is 11.9 Å². The van der Waals surface area contributed by atoms with Gasteiger partial charge in [-0.15, -0.1) is 0 Å². The summed E-state index contributed by atoms with van der Waals surface area (Å²) in [6.07, 6.45) is 48.5. The lowest BCUT2D eigenvalue weighted by Crippen LogP contribution is -2.18. The molecular weight excluding hydrogens is 592 g/mol. The van der Waals surface area contributed by atoms with E-state index in [0.717, 1.165) is 57.8 Å². The molecule has 0 heterocycles. The van der Waals surface area contributed by atoms with Gasteiger partial charge in [-0.3, -0.25) is 9.59 Å². The van der Waals surface area contributed by atoms with E-state index in [9.17, 15) is 9.59 Å². The van der Waals surface area contributed by atoms with Crippen molar-refractivity contribution in [1.82, 2.24) is 0 Å². The number of carboxylic acid groups (broad SMARTS) is 1. The van der Waals surface area contributed by atoms with E-state index in [1.54, 1.807) is 0 Å². The van der Waals surface area contributed by atoms with Crippen molar-refractivity contribution in [3.63, 3.8) is 0 Å². The van der Waals surface area contributed by atoms with E-state index in [-0.39, 0.29) is 18.5 Å². The molecule has 4 nitrogen and oxygen atoms in total. The van der Waals surface area contributed by atoms with Gasteiger partial charge in [-0.25, -0.2) is 0 Å². The summed E-state index contributed by atoms with van der Waals surface area (Å²) in [6, 6.07) is 0.